The molecule has 1 aromatic rings. The summed E-state index contributed by atoms with van der Waals surface area (Å²) in [5.74, 6) is 0.281. The summed E-state index contributed by atoms with van der Waals surface area (Å²) in [7, 11) is 0. The third-order valence-electron chi connectivity index (χ3n) is 5.43. The standard InChI is InChI=1S/C18H23N3O5/c19-15-6-5-13(9-16(15)21(24)25)18(23)26-11-17(22)20-8-7-12-3-1-2-4-14(12)10-20/h5-6,9,12,14H,1-4,7-8,10-11,19H2/t12-,14-/m1/s1. The van der Waals surface area contributed by atoms with Gasteiger partial charge in [0.1, 0.15) is 5.69 Å². The molecule has 1 heterocycles. The van der Waals surface area contributed by atoms with Gasteiger partial charge in [0.05, 0.1) is 10.5 Å². The molecule has 2 N–H and O–H groups in total. The number of carbonyl (C=O) groups is 2. The minimum absolute atomic E-state index is 0.00434. The summed E-state index contributed by atoms with van der Waals surface area (Å²) in [4.78, 5) is 36.5. The van der Waals surface area contributed by atoms with Gasteiger partial charge in [0.2, 0.25) is 0 Å². The number of anilines is 1. The van der Waals surface area contributed by atoms with E-state index in [4.69, 9.17) is 10.5 Å². The van der Waals surface area contributed by atoms with Crippen molar-refractivity contribution in [2.24, 2.45) is 11.8 Å². The summed E-state index contributed by atoms with van der Waals surface area (Å²) in [6, 6.07) is 3.70. The number of hydrogen-bond acceptors (Lipinski definition) is 6. The lowest BCUT2D eigenvalue weighted by atomic mass is 9.75. The van der Waals surface area contributed by atoms with Crippen molar-refractivity contribution in [3.05, 3.63) is 33.9 Å². The van der Waals surface area contributed by atoms with Gasteiger partial charge in [-0.1, -0.05) is 19.3 Å². The van der Waals surface area contributed by atoms with Gasteiger partial charge < -0.3 is 15.4 Å². The predicted octanol–water partition coefficient (Wildman–Crippen LogP) is 2.37. The van der Waals surface area contributed by atoms with Gasteiger partial charge in [0.25, 0.3) is 11.6 Å². The van der Waals surface area contributed by atoms with E-state index in [1.54, 1.807) is 4.90 Å². The molecule has 8 heteroatoms. The van der Waals surface area contributed by atoms with Crippen LogP contribution in [-0.4, -0.2) is 41.4 Å². The number of fused-ring (bicyclic) bond motifs is 1. The molecule has 1 saturated carbocycles. The van der Waals surface area contributed by atoms with Crippen molar-refractivity contribution in [3.8, 4) is 0 Å². The Bertz CT molecular complexity index is 721. The van der Waals surface area contributed by atoms with Gasteiger partial charge in [-0.05, 0) is 36.8 Å². The zero-order chi connectivity index (χ0) is 18.7. The number of esters is 1. The number of nitro groups is 1. The minimum Gasteiger partial charge on any atom is -0.452 e. The van der Waals surface area contributed by atoms with Crippen molar-refractivity contribution in [3.63, 3.8) is 0 Å². The summed E-state index contributed by atoms with van der Waals surface area (Å²) in [6.45, 7) is 1.08. The molecule has 2 fully saturated rings. The summed E-state index contributed by atoms with van der Waals surface area (Å²) in [6.07, 6.45) is 5.91. The quantitative estimate of drug-likeness (QED) is 0.381. The van der Waals surface area contributed by atoms with E-state index in [0.29, 0.717) is 18.4 Å². The second-order valence-corrected chi connectivity index (χ2v) is 7.04. The molecule has 0 spiro atoms. The zero-order valence-electron chi connectivity index (χ0n) is 14.6. The molecule has 3 rings (SSSR count). The van der Waals surface area contributed by atoms with Crippen molar-refractivity contribution in [1.29, 1.82) is 0 Å². The number of carbonyl (C=O) groups excluding carboxylic acids is 2. The molecule has 2 atom stereocenters. The Hall–Kier alpha value is -2.64. The maximum absolute atomic E-state index is 12.4. The number of likely N-dealkylation sites (tertiary alicyclic amines) is 1. The normalized spacial score (nSPS) is 22.4. The number of amides is 1. The molecule has 8 nitrogen and oxygen atoms in total. The lowest BCUT2D eigenvalue weighted by molar-refractivity contribution is -0.383. The highest BCUT2D eigenvalue weighted by Crippen LogP contribution is 2.36. The molecule has 1 amide bonds. The monoisotopic (exact) mass is 361 g/mol. The maximum atomic E-state index is 12.4. The Labute approximate surface area is 151 Å². The fourth-order valence-electron chi connectivity index (χ4n) is 3.96. The fraction of sp³-hybridized carbons (Fsp3) is 0.556. The Morgan fingerprint density at radius 3 is 2.69 bits per heavy atom. The van der Waals surface area contributed by atoms with Gasteiger partial charge in [-0.25, -0.2) is 4.79 Å². The van der Waals surface area contributed by atoms with Crippen LogP contribution in [0.4, 0.5) is 11.4 Å². The second kappa shape index (κ2) is 7.72. The Balaban J connectivity index is 1.55. The van der Waals surface area contributed by atoms with Crippen LogP contribution in [0.25, 0.3) is 0 Å². The van der Waals surface area contributed by atoms with Crippen LogP contribution < -0.4 is 5.73 Å². The van der Waals surface area contributed by atoms with Crippen molar-refractivity contribution < 1.29 is 19.2 Å². The van der Waals surface area contributed by atoms with E-state index in [1.165, 1.54) is 31.4 Å². The number of benzene rings is 1. The van der Waals surface area contributed by atoms with Gasteiger partial charge in [0, 0.05) is 19.2 Å². The van der Waals surface area contributed by atoms with E-state index in [-0.39, 0.29) is 29.5 Å². The summed E-state index contributed by atoms with van der Waals surface area (Å²) >= 11 is 0. The van der Waals surface area contributed by atoms with Gasteiger partial charge in [-0.2, -0.15) is 0 Å². The molecular weight excluding hydrogens is 338 g/mol. The summed E-state index contributed by atoms with van der Waals surface area (Å²) < 4.78 is 5.06. The van der Waals surface area contributed by atoms with Crippen LogP contribution in [0.3, 0.4) is 0 Å². The molecular formula is C18H23N3O5. The number of nitrogens with two attached hydrogens (primary N) is 1. The fourth-order valence-corrected chi connectivity index (χ4v) is 3.96. The van der Waals surface area contributed by atoms with Crippen LogP contribution in [-0.2, 0) is 9.53 Å². The van der Waals surface area contributed by atoms with Crippen molar-refractivity contribution in [2.75, 3.05) is 25.4 Å². The van der Waals surface area contributed by atoms with Gasteiger partial charge in [-0.3, -0.25) is 14.9 Å². The first kappa shape index (κ1) is 18.2. The minimum atomic E-state index is -0.769. The Morgan fingerprint density at radius 1 is 1.23 bits per heavy atom. The topological polar surface area (TPSA) is 116 Å². The largest absolute Gasteiger partial charge is 0.452 e. The molecule has 26 heavy (non-hydrogen) atoms. The Kier molecular flexibility index (Phi) is 5.39. The van der Waals surface area contributed by atoms with Crippen LogP contribution >= 0.6 is 0 Å². The van der Waals surface area contributed by atoms with Crippen LogP contribution in [0.2, 0.25) is 0 Å². The average Bonchev–Trinajstić information content (AvgIpc) is 2.65. The second-order valence-electron chi connectivity index (χ2n) is 7.04. The van der Waals surface area contributed by atoms with Crippen LogP contribution in [0.1, 0.15) is 42.5 Å². The van der Waals surface area contributed by atoms with Crippen molar-refractivity contribution >= 4 is 23.3 Å². The van der Waals surface area contributed by atoms with E-state index < -0.39 is 10.9 Å². The molecule has 0 aromatic heterocycles. The van der Waals surface area contributed by atoms with Crippen LogP contribution in [0, 0.1) is 22.0 Å². The highest BCUT2D eigenvalue weighted by Gasteiger charge is 2.33. The predicted molar refractivity (Wildman–Crippen MR) is 94.4 cm³/mol. The average molecular weight is 361 g/mol. The highest BCUT2D eigenvalue weighted by atomic mass is 16.6. The maximum Gasteiger partial charge on any atom is 0.338 e. The number of ether oxygens (including phenoxy) is 1. The Morgan fingerprint density at radius 2 is 1.96 bits per heavy atom. The van der Waals surface area contributed by atoms with E-state index in [2.05, 4.69) is 0 Å². The molecule has 0 radical (unpaired) electrons. The number of piperidine rings is 1. The third kappa shape index (κ3) is 3.95. The lowest BCUT2D eigenvalue weighted by Crippen LogP contribution is -2.46. The number of nitro benzene ring substituents is 1. The van der Waals surface area contributed by atoms with E-state index in [1.807, 2.05) is 0 Å². The molecule has 0 bridgehead atoms. The molecule has 1 aliphatic heterocycles. The number of nitrogens with zero attached hydrogens (tertiary/aromatic N) is 2. The van der Waals surface area contributed by atoms with Gasteiger partial charge in [-0.15, -0.1) is 0 Å². The smallest absolute Gasteiger partial charge is 0.338 e. The highest BCUT2D eigenvalue weighted by molar-refractivity contribution is 5.92. The van der Waals surface area contributed by atoms with Gasteiger partial charge >= 0.3 is 5.97 Å². The first-order valence-corrected chi connectivity index (χ1v) is 8.94. The van der Waals surface area contributed by atoms with Crippen LogP contribution in [0.5, 0.6) is 0 Å². The first-order chi connectivity index (χ1) is 12.5. The summed E-state index contributed by atoms with van der Waals surface area (Å²) in [5, 5.41) is 10.9. The zero-order valence-corrected chi connectivity index (χ0v) is 14.6. The van der Waals surface area contributed by atoms with Crippen molar-refractivity contribution in [1.82, 2.24) is 4.90 Å². The number of hydrogen-bond donors (Lipinski definition) is 1. The molecule has 2 aliphatic rings. The van der Waals surface area contributed by atoms with E-state index in [9.17, 15) is 19.7 Å². The van der Waals surface area contributed by atoms with E-state index >= 15 is 0 Å². The first-order valence-electron chi connectivity index (χ1n) is 8.94. The lowest BCUT2D eigenvalue weighted by Gasteiger charge is -2.41. The van der Waals surface area contributed by atoms with E-state index in [0.717, 1.165) is 25.5 Å². The molecule has 1 aromatic carbocycles. The number of nitrogen functional groups attached to an aromatic ring is 1. The molecule has 140 valence electrons. The summed E-state index contributed by atoms with van der Waals surface area (Å²) in [5.41, 5.74) is 5.13. The SMILES string of the molecule is Nc1ccc(C(=O)OCC(=O)N2CC[C@H]3CCCC[C@@H]3C2)cc1[N+](=O)[O-]. The van der Waals surface area contributed by atoms with Crippen molar-refractivity contribution in [2.45, 2.75) is 32.1 Å². The number of rotatable bonds is 4. The third-order valence-corrected chi connectivity index (χ3v) is 5.43. The molecule has 1 saturated heterocycles. The van der Waals surface area contributed by atoms with Gasteiger partial charge in [0.15, 0.2) is 6.61 Å². The molecule has 0 unspecified atom stereocenters. The molecule has 1 aliphatic carbocycles. The van der Waals surface area contributed by atoms with Crippen LogP contribution in [0.15, 0.2) is 18.2 Å².